The Kier molecular flexibility index (Phi) is 6.47. The molecule has 2 aromatic carbocycles. The third kappa shape index (κ3) is 5.33. The third-order valence-corrected chi connectivity index (χ3v) is 5.03. The molecule has 0 aliphatic heterocycles. The summed E-state index contributed by atoms with van der Waals surface area (Å²) in [7, 11) is 0. The summed E-state index contributed by atoms with van der Waals surface area (Å²) in [5.41, 5.74) is 1.86. The summed E-state index contributed by atoms with van der Waals surface area (Å²) in [6, 6.07) is 17.3. The fraction of sp³-hybridized carbons (Fsp3) is 0.364. The van der Waals surface area contributed by atoms with Gasteiger partial charge in [0, 0.05) is 29.9 Å². The van der Waals surface area contributed by atoms with Crippen LogP contribution in [0.2, 0.25) is 0 Å². The Morgan fingerprint density at radius 3 is 2.30 bits per heavy atom. The Hall–Kier alpha value is -2.82. The number of carboxylic acid groups (broad SMARTS) is 1. The molecule has 3 rings (SSSR count). The van der Waals surface area contributed by atoms with Crippen molar-refractivity contribution < 1.29 is 19.4 Å². The fourth-order valence-electron chi connectivity index (χ4n) is 3.53. The van der Waals surface area contributed by atoms with E-state index in [1.54, 1.807) is 24.3 Å². The first-order chi connectivity index (χ1) is 13.1. The number of hydrogen-bond donors (Lipinski definition) is 1. The van der Waals surface area contributed by atoms with Gasteiger partial charge in [0.2, 0.25) is 5.91 Å². The molecule has 0 aromatic heterocycles. The zero-order valence-electron chi connectivity index (χ0n) is 15.2. The molecule has 142 valence electrons. The summed E-state index contributed by atoms with van der Waals surface area (Å²) in [6.07, 6.45) is 3.62. The van der Waals surface area contributed by atoms with Gasteiger partial charge in [0.1, 0.15) is 5.75 Å². The van der Waals surface area contributed by atoms with E-state index in [0.717, 1.165) is 25.0 Å². The van der Waals surface area contributed by atoms with Crippen LogP contribution in [0.3, 0.4) is 0 Å². The van der Waals surface area contributed by atoms with E-state index >= 15 is 0 Å². The first kappa shape index (κ1) is 19.0. The van der Waals surface area contributed by atoms with Gasteiger partial charge in [-0.1, -0.05) is 43.2 Å². The van der Waals surface area contributed by atoms with Crippen LogP contribution in [0.15, 0.2) is 54.6 Å². The van der Waals surface area contributed by atoms with Crippen LogP contribution in [0, 0.1) is 11.8 Å². The van der Waals surface area contributed by atoms with Crippen LogP contribution in [-0.4, -0.2) is 18.5 Å². The first-order valence-corrected chi connectivity index (χ1v) is 9.42. The number of carbonyl (C=O) groups excluding carboxylic acids is 2. The molecule has 1 N–H and O–H groups in total. The molecule has 0 unspecified atom stereocenters. The fourth-order valence-corrected chi connectivity index (χ4v) is 3.53. The lowest BCUT2D eigenvalue weighted by Gasteiger charge is -2.31. The molecular weight excluding hydrogens is 342 g/mol. The molecule has 1 aliphatic carbocycles. The van der Waals surface area contributed by atoms with E-state index in [4.69, 9.17) is 4.74 Å². The summed E-state index contributed by atoms with van der Waals surface area (Å²) in [5, 5.41) is 14.1. The Morgan fingerprint density at radius 1 is 0.963 bits per heavy atom. The molecule has 2 atom stereocenters. The largest absolute Gasteiger partial charge is 0.550 e. The normalized spacial score (nSPS) is 19.3. The quantitative estimate of drug-likeness (QED) is 0.817. The minimum absolute atomic E-state index is 0.248. The maximum absolute atomic E-state index is 12.5. The first-order valence-electron chi connectivity index (χ1n) is 9.42. The second kappa shape index (κ2) is 9.21. The molecule has 2 aromatic rings. The van der Waals surface area contributed by atoms with Crippen LogP contribution in [0.1, 0.15) is 31.2 Å². The Morgan fingerprint density at radius 2 is 1.63 bits per heavy atom. The third-order valence-electron chi connectivity index (χ3n) is 5.03. The van der Waals surface area contributed by atoms with Crippen molar-refractivity contribution >= 4 is 17.6 Å². The summed E-state index contributed by atoms with van der Waals surface area (Å²) < 4.78 is 5.74. The van der Waals surface area contributed by atoms with Gasteiger partial charge in [0.25, 0.3) is 0 Å². The summed E-state index contributed by atoms with van der Waals surface area (Å²) >= 11 is 0. The van der Waals surface area contributed by atoms with E-state index < -0.39 is 17.8 Å². The number of carboxylic acids is 1. The van der Waals surface area contributed by atoms with Gasteiger partial charge in [0.05, 0.1) is 6.61 Å². The molecule has 5 nitrogen and oxygen atoms in total. The number of ether oxygens (including phenoxy) is 1. The van der Waals surface area contributed by atoms with Gasteiger partial charge >= 0.3 is 0 Å². The summed E-state index contributed by atoms with van der Waals surface area (Å²) in [4.78, 5) is 23.7. The monoisotopic (exact) mass is 366 g/mol. The van der Waals surface area contributed by atoms with Crippen molar-refractivity contribution in [2.45, 2.75) is 32.1 Å². The van der Waals surface area contributed by atoms with E-state index in [1.165, 1.54) is 5.56 Å². The van der Waals surface area contributed by atoms with E-state index in [9.17, 15) is 14.7 Å². The molecule has 27 heavy (non-hydrogen) atoms. The molecule has 1 saturated carbocycles. The van der Waals surface area contributed by atoms with Gasteiger partial charge in [0.15, 0.2) is 0 Å². The maximum atomic E-state index is 12.5. The molecule has 0 radical (unpaired) electrons. The van der Waals surface area contributed by atoms with Crippen molar-refractivity contribution in [2.75, 3.05) is 11.9 Å². The second-order valence-corrected chi connectivity index (χ2v) is 6.91. The smallest absolute Gasteiger partial charge is 0.228 e. The van der Waals surface area contributed by atoms with Crippen LogP contribution in [0.4, 0.5) is 5.69 Å². The molecule has 5 heteroatoms. The zero-order valence-corrected chi connectivity index (χ0v) is 15.2. The highest BCUT2D eigenvalue weighted by Crippen LogP contribution is 2.31. The lowest BCUT2D eigenvalue weighted by atomic mass is 9.78. The topological polar surface area (TPSA) is 78.5 Å². The SMILES string of the molecule is O=C([O-])[C@@H]1CCCC[C@H]1C(=O)Nc1ccc(OCCc2ccccc2)cc1. The van der Waals surface area contributed by atoms with Gasteiger partial charge in [-0.15, -0.1) is 0 Å². The lowest BCUT2D eigenvalue weighted by Crippen LogP contribution is -2.42. The van der Waals surface area contributed by atoms with E-state index in [0.29, 0.717) is 25.1 Å². The van der Waals surface area contributed by atoms with E-state index in [1.807, 2.05) is 18.2 Å². The number of rotatable bonds is 7. The van der Waals surface area contributed by atoms with Crippen molar-refractivity contribution in [3.05, 3.63) is 60.2 Å². The number of hydrogen-bond acceptors (Lipinski definition) is 4. The Balaban J connectivity index is 1.51. The highest BCUT2D eigenvalue weighted by molar-refractivity contribution is 5.95. The Labute approximate surface area is 159 Å². The molecule has 0 spiro atoms. The summed E-state index contributed by atoms with van der Waals surface area (Å²) in [5.74, 6) is -1.86. The summed E-state index contributed by atoms with van der Waals surface area (Å²) in [6.45, 7) is 0.574. The lowest BCUT2D eigenvalue weighted by molar-refractivity contribution is -0.313. The van der Waals surface area contributed by atoms with Gasteiger partial charge in [-0.2, -0.15) is 0 Å². The van der Waals surface area contributed by atoms with Crippen LogP contribution < -0.4 is 15.2 Å². The number of aliphatic carboxylic acids is 1. The number of amides is 1. The molecule has 1 fully saturated rings. The number of carbonyl (C=O) groups is 2. The average molecular weight is 366 g/mol. The van der Waals surface area contributed by atoms with Crippen molar-refractivity contribution in [2.24, 2.45) is 11.8 Å². The van der Waals surface area contributed by atoms with Gasteiger partial charge in [-0.05, 0) is 42.7 Å². The minimum Gasteiger partial charge on any atom is -0.550 e. The predicted molar refractivity (Wildman–Crippen MR) is 101 cm³/mol. The van der Waals surface area contributed by atoms with E-state index in [2.05, 4.69) is 17.4 Å². The van der Waals surface area contributed by atoms with Crippen LogP contribution in [0.25, 0.3) is 0 Å². The maximum Gasteiger partial charge on any atom is 0.228 e. The number of anilines is 1. The van der Waals surface area contributed by atoms with Crippen molar-refractivity contribution in [3.63, 3.8) is 0 Å². The van der Waals surface area contributed by atoms with Crippen molar-refractivity contribution in [1.29, 1.82) is 0 Å². The predicted octanol–water partition coefficient (Wildman–Crippen LogP) is 2.80. The highest BCUT2D eigenvalue weighted by atomic mass is 16.5. The second-order valence-electron chi connectivity index (χ2n) is 6.91. The van der Waals surface area contributed by atoms with Crippen molar-refractivity contribution in [1.82, 2.24) is 0 Å². The van der Waals surface area contributed by atoms with Crippen molar-refractivity contribution in [3.8, 4) is 5.75 Å². The average Bonchev–Trinajstić information content (AvgIpc) is 2.70. The highest BCUT2D eigenvalue weighted by Gasteiger charge is 2.31. The van der Waals surface area contributed by atoms with Crippen LogP contribution >= 0.6 is 0 Å². The van der Waals surface area contributed by atoms with E-state index in [-0.39, 0.29) is 5.91 Å². The van der Waals surface area contributed by atoms with Crippen LogP contribution in [0.5, 0.6) is 5.75 Å². The standard InChI is InChI=1S/C22H25NO4/c24-21(19-8-4-5-9-20(19)22(25)26)23-17-10-12-18(13-11-17)27-15-14-16-6-2-1-3-7-16/h1-3,6-7,10-13,19-20H,4-5,8-9,14-15H2,(H,23,24)(H,25,26)/p-1/t19-,20-/m1/s1. The zero-order chi connectivity index (χ0) is 19.1. The number of nitrogens with one attached hydrogen (secondary N) is 1. The molecule has 0 heterocycles. The van der Waals surface area contributed by atoms with Crippen LogP contribution in [-0.2, 0) is 16.0 Å². The van der Waals surface area contributed by atoms with Gasteiger partial charge in [-0.25, -0.2) is 0 Å². The minimum atomic E-state index is -1.13. The molecular formula is C22H24NO4-. The van der Waals surface area contributed by atoms with Gasteiger partial charge in [-0.3, -0.25) is 4.79 Å². The molecule has 0 saturated heterocycles. The molecule has 0 bridgehead atoms. The Bertz CT molecular complexity index is 758. The molecule has 1 amide bonds. The number of benzene rings is 2. The van der Waals surface area contributed by atoms with Gasteiger partial charge < -0.3 is 20.0 Å². The molecule has 1 aliphatic rings.